The molecule has 1 fully saturated rings. The van der Waals surface area contributed by atoms with Crippen molar-refractivity contribution in [1.29, 1.82) is 0 Å². The number of nitrogens with one attached hydrogen (secondary N) is 2. The Bertz CT molecular complexity index is 1340. The van der Waals surface area contributed by atoms with Gasteiger partial charge in [0.25, 0.3) is 12.3 Å². The molecule has 1 aromatic heterocycles. The number of pyridine rings is 1. The summed E-state index contributed by atoms with van der Waals surface area (Å²) in [6, 6.07) is 6.01. The molecule has 1 aromatic carbocycles. The molecule has 1 unspecified atom stereocenters. The number of thioether (sulfide) groups is 1. The number of hydrogen-bond donors (Lipinski definition) is 3. The van der Waals surface area contributed by atoms with Crippen LogP contribution in [0.5, 0.6) is 5.75 Å². The maximum atomic E-state index is 13.5. The predicted octanol–water partition coefficient (Wildman–Crippen LogP) is 5.12. The summed E-state index contributed by atoms with van der Waals surface area (Å²) < 4.78 is 32.4. The van der Waals surface area contributed by atoms with E-state index in [4.69, 9.17) is 10.5 Å². The SMILES string of the molecule is CCC/C=C\C(N)=Nc1ccc(C(=O)NC2=NNC(C#CC3CC3)S2)c(-c2cc(C(F)F)ncc2OC)c1. The molecule has 8 nitrogen and oxygen atoms in total. The molecule has 1 aliphatic heterocycles. The number of aliphatic imine (C=N–C) groups is 1. The number of amides is 1. The Kier molecular flexibility index (Phi) is 8.97. The molecule has 0 radical (unpaired) electrons. The molecule has 2 aliphatic rings. The van der Waals surface area contributed by atoms with Gasteiger partial charge in [-0.1, -0.05) is 31.3 Å². The van der Waals surface area contributed by atoms with Crippen LogP contribution in [-0.4, -0.2) is 34.4 Å². The maximum absolute atomic E-state index is 13.5. The number of amidine groups is 2. The Hall–Kier alpha value is -3.91. The van der Waals surface area contributed by atoms with Crippen molar-refractivity contribution in [3.63, 3.8) is 0 Å². The number of hydrazone groups is 1. The Morgan fingerprint density at radius 3 is 2.87 bits per heavy atom. The topological polar surface area (TPSA) is 114 Å². The summed E-state index contributed by atoms with van der Waals surface area (Å²) in [7, 11) is 1.40. The average Bonchev–Trinajstić information content (AvgIpc) is 3.64. The van der Waals surface area contributed by atoms with Crippen LogP contribution < -0.4 is 21.2 Å². The summed E-state index contributed by atoms with van der Waals surface area (Å²) in [5.41, 5.74) is 9.74. The zero-order chi connectivity index (χ0) is 27.1. The molecule has 4 rings (SSSR count). The average molecular weight is 539 g/mol. The molecule has 2 aromatic rings. The first kappa shape index (κ1) is 27.1. The van der Waals surface area contributed by atoms with Crippen molar-refractivity contribution < 1.29 is 18.3 Å². The van der Waals surface area contributed by atoms with Crippen molar-refractivity contribution >= 4 is 34.4 Å². The Labute approximate surface area is 224 Å². The first-order chi connectivity index (χ1) is 18.4. The minimum Gasteiger partial charge on any atom is -0.494 e. The van der Waals surface area contributed by atoms with Crippen LogP contribution in [0, 0.1) is 17.8 Å². The molecule has 4 N–H and O–H groups in total. The number of benzene rings is 1. The van der Waals surface area contributed by atoms with Gasteiger partial charge in [-0.05, 0) is 61.4 Å². The van der Waals surface area contributed by atoms with E-state index in [2.05, 4.69) is 44.6 Å². The van der Waals surface area contributed by atoms with Crippen molar-refractivity contribution in [3.8, 4) is 28.7 Å². The van der Waals surface area contributed by atoms with Gasteiger partial charge in [-0.2, -0.15) is 5.10 Å². The van der Waals surface area contributed by atoms with Crippen LogP contribution >= 0.6 is 11.8 Å². The lowest BCUT2D eigenvalue weighted by Gasteiger charge is -2.15. The molecule has 198 valence electrons. The number of halogens is 2. The Morgan fingerprint density at radius 2 is 2.16 bits per heavy atom. The van der Waals surface area contributed by atoms with Gasteiger partial charge in [0.1, 0.15) is 17.3 Å². The van der Waals surface area contributed by atoms with E-state index < -0.39 is 18.0 Å². The Balaban J connectivity index is 1.67. The number of carbonyl (C=O) groups excluding carboxylic acids is 1. The number of methoxy groups -OCH3 is 1. The van der Waals surface area contributed by atoms with Gasteiger partial charge >= 0.3 is 0 Å². The fraction of sp³-hybridized carbons (Fsp3) is 0.333. The van der Waals surface area contributed by atoms with Gasteiger partial charge in [0.15, 0.2) is 10.5 Å². The maximum Gasteiger partial charge on any atom is 0.280 e. The van der Waals surface area contributed by atoms with Crippen LogP contribution in [0.25, 0.3) is 11.1 Å². The van der Waals surface area contributed by atoms with Crippen LogP contribution in [0.1, 0.15) is 55.1 Å². The van der Waals surface area contributed by atoms with Gasteiger partial charge in [0, 0.05) is 22.6 Å². The first-order valence-electron chi connectivity index (χ1n) is 12.2. The highest BCUT2D eigenvalue weighted by Crippen LogP contribution is 2.37. The molecule has 1 atom stereocenters. The summed E-state index contributed by atoms with van der Waals surface area (Å²) in [5, 5.41) is 7.05. The highest BCUT2D eigenvalue weighted by Gasteiger charge is 2.24. The number of nitrogens with two attached hydrogens (primary N) is 1. The number of unbranched alkanes of at least 4 members (excludes halogenated alkanes) is 1. The number of hydrogen-bond acceptors (Lipinski definition) is 7. The third kappa shape index (κ3) is 7.10. The summed E-state index contributed by atoms with van der Waals surface area (Å²) in [4.78, 5) is 21.5. The van der Waals surface area contributed by atoms with E-state index in [9.17, 15) is 13.6 Å². The van der Waals surface area contributed by atoms with Crippen LogP contribution in [0.3, 0.4) is 0 Å². The lowest BCUT2D eigenvalue weighted by atomic mass is 9.97. The zero-order valence-corrected chi connectivity index (χ0v) is 21.8. The second kappa shape index (κ2) is 12.6. The number of ether oxygens (including phenoxy) is 1. The molecule has 0 saturated heterocycles. The fourth-order valence-corrected chi connectivity index (χ4v) is 4.23. The largest absolute Gasteiger partial charge is 0.494 e. The van der Waals surface area contributed by atoms with Crippen molar-refractivity contribution in [1.82, 2.24) is 15.7 Å². The highest BCUT2D eigenvalue weighted by atomic mass is 32.2. The lowest BCUT2D eigenvalue weighted by Crippen LogP contribution is -2.28. The van der Waals surface area contributed by atoms with Gasteiger partial charge in [-0.3, -0.25) is 20.5 Å². The number of aromatic nitrogens is 1. The molecule has 11 heteroatoms. The molecule has 0 spiro atoms. The standard InChI is InChI=1S/C27H28F2N6O2S/c1-3-4-5-6-23(30)32-17-10-11-18(19(13-17)20-14-21(25(28)29)31-15-22(20)37-2)26(36)33-27-35-34-24(38-27)12-9-16-7-8-16/h5-6,10-11,13-16,24-25,34H,3-4,7-8H2,1-2H3,(H2,30,32)(H,33,35,36)/b6-5-. The second-order valence-corrected chi connectivity index (χ2v) is 9.72. The van der Waals surface area contributed by atoms with Gasteiger partial charge < -0.3 is 10.5 Å². The normalized spacial score (nSPS) is 17.1. The van der Waals surface area contributed by atoms with Gasteiger partial charge in [0.2, 0.25) is 0 Å². The van der Waals surface area contributed by atoms with Crippen LogP contribution in [0.15, 0.2) is 52.7 Å². The fourth-order valence-electron chi connectivity index (χ4n) is 3.52. The smallest absolute Gasteiger partial charge is 0.280 e. The first-order valence-corrected chi connectivity index (χ1v) is 13.0. The molecular weight excluding hydrogens is 510 g/mol. The minimum absolute atomic E-state index is 0.213. The summed E-state index contributed by atoms with van der Waals surface area (Å²) in [6.07, 6.45) is 6.08. The monoisotopic (exact) mass is 538 g/mol. The van der Waals surface area contributed by atoms with Gasteiger partial charge in [-0.15, -0.1) is 0 Å². The molecule has 38 heavy (non-hydrogen) atoms. The molecule has 1 aliphatic carbocycles. The lowest BCUT2D eigenvalue weighted by molar-refractivity contribution is 0.0978. The highest BCUT2D eigenvalue weighted by molar-refractivity contribution is 8.14. The van der Waals surface area contributed by atoms with E-state index in [1.165, 1.54) is 31.1 Å². The molecule has 0 bridgehead atoms. The third-order valence-corrected chi connectivity index (χ3v) is 6.48. The van der Waals surface area contributed by atoms with Crippen molar-refractivity contribution in [2.24, 2.45) is 21.7 Å². The van der Waals surface area contributed by atoms with Crippen LogP contribution in [0.4, 0.5) is 14.5 Å². The minimum atomic E-state index is -2.80. The van der Waals surface area contributed by atoms with E-state index in [0.717, 1.165) is 25.7 Å². The van der Waals surface area contributed by atoms with Crippen LogP contribution in [0.2, 0.25) is 0 Å². The number of carbonyl (C=O) groups is 1. The second-order valence-electron chi connectivity index (χ2n) is 8.63. The summed E-state index contributed by atoms with van der Waals surface area (Å²) in [5.74, 6) is 6.75. The summed E-state index contributed by atoms with van der Waals surface area (Å²) >= 11 is 1.29. The number of nitrogens with zero attached hydrogens (tertiary/aromatic N) is 3. The van der Waals surface area contributed by atoms with Crippen molar-refractivity contribution in [2.75, 3.05) is 7.11 Å². The van der Waals surface area contributed by atoms with E-state index in [1.807, 2.05) is 6.08 Å². The quantitative estimate of drug-likeness (QED) is 0.244. The van der Waals surface area contributed by atoms with Crippen molar-refractivity contribution in [3.05, 3.63) is 53.9 Å². The number of allylic oxidation sites excluding steroid dienone is 1. The van der Waals surface area contributed by atoms with Crippen molar-refractivity contribution in [2.45, 2.75) is 44.4 Å². The molecule has 1 amide bonds. The Morgan fingerprint density at radius 1 is 1.34 bits per heavy atom. The number of rotatable bonds is 8. The molecule has 2 heterocycles. The molecule has 1 saturated carbocycles. The van der Waals surface area contributed by atoms with Crippen LogP contribution in [-0.2, 0) is 0 Å². The van der Waals surface area contributed by atoms with E-state index in [0.29, 0.717) is 22.3 Å². The van der Waals surface area contributed by atoms with E-state index >= 15 is 0 Å². The molecular formula is C27H28F2N6O2S. The summed E-state index contributed by atoms with van der Waals surface area (Å²) in [6.45, 7) is 2.05. The van der Waals surface area contributed by atoms with Gasteiger partial charge in [0.05, 0.1) is 19.0 Å². The van der Waals surface area contributed by atoms with E-state index in [1.54, 1.807) is 24.3 Å². The number of alkyl halides is 2. The zero-order valence-electron chi connectivity index (χ0n) is 21.0. The van der Waals surface area contributed by atoms with E-state index in [-0.39, 0.29) is 28.1 Å². The van der Waals surface area contributed by atoms with Gasteiger partial charge in [-0.25, -0.2) is 13.8 Å². The predicted molar refractivity (Wildman–Crippen MR) is 146 cm³/mol. The third-order valence-electron chi connectivity index (χ3n) is 5.60.